The average Bonchev–Trinajstić information content (AvgIpc) is 2.76. The Balaban J connectivity index is 1.78. The third-order valence-electron chi connectivity index (χ3n) is 3.19. The second kappa shape index (κ2) is 6.09. The molecule has 2 rings (SSSR count). The van der Waals surface area contributed by atoms with Gasteiger partial charge in [0.25, 0.3) is 0 Å². The van der Waals surface area contributed by atoms with E-state index in [0.717, 1.165) is 13.0 Å². The molecular weight excluding hydrogens is 250 g/mol. The molecule has 0 aliphatic rings. The first-order chi connectivity index (χ1) is 9.46. The van der Waals surface area contributed by atoms with Gasteiger partial charge in [-0.1, -0.05) is 18.2 Å². The van der Waals surface area contributed by atoms with Crippen molar-refractivity contribution < 1.29 is 4.79 Å². The van der Waals surface area contributed by atoms with E-state index in [-0.39, 0.29) is 5.91 Å². The van der Waals surface area contributed by atoms with Crippen LogP contribution in [0.1, 0.15) is 26.7 Å². The summed E-state index contributed by atoms with van der Waals surface area (Å²) in [6.07, 6.45) is 3.37. The van der Waals surface area contributed by atoms with Crippen molar-refractivity contribution >= 4 is 16.8 Å². The van der Waals surface area contributed by atoms with Crippen molar-refractivity contribution in [2.75, 3.05) is 6.54 Å². The predicted octanol–water partition coefficient (Wildman–Crippen LogP) is 2.27. The molecule has 0 radical (unpaired) electrons. The largest absolute Gasteiger partial charge is 0.356 e. The van der Waals surface area contributed by atoms with Crippen molar-refractivity contribution in [2.24, 2.45) is 5.73 Å². The standard InChI is InChI=1S/C16H23N3O/c1-16(2,17)12-15(20)18-9-5-10-19-11-8-13-6-3-4-7-14(13)19/h3-4,6-8,11H,5,9-10,12,17H2,1-2H3,(H,18,20). The summed E-state index contributed by atoms with van der Waals surface area (Å²) < 4.78 is 2.22. The van der Waals surface area contributed by atoms with Crippen LogP contribution in [-0.2, 0) is 11.3 Å². The molecule has 0 saturated heterocycles. The number of benzene rings is 1. The van der Waals surface area contributed by atoms with Crippen LogP contribution in [0.4, 0.5) is 0 Å². The summed E-state index contributed by atoms with van der Waals surface area (Å²) in [5.41, 5.74) is 6.61. The lowest BCUT2D eigenvalue weighted by molar-refractivity contribution is -0.122. The zero-order valence-corrected chi connectivity index (χ0v) is 12.2. The SMILES string of the molecule is CC(C)(N)CC(=O)NCCCn1ccc2ccccc21. The summed E-state index contributed by atoms with van der Waals surface area (Å²) in [5.74, 6) is 0.0230. The summed E-state index contributed by atoms with van der Waals surface area (Å²) >= 11 is 0. The van der Waals surface area contributed by atoms with E-state index in [1.165, 1.54) is 10.9 Å². The van der Waals surface area contributed by atoms with Gasteiger partial charge in [0.15, 0.2) is 0 Å². The van der Waals surface area contributed by atoms with Crippen LogP contribution in [0.25, 0.3) is 10.9 Å². The van der Waals surface area contributed by atoms with E-state index in [1.807, 2.05) is 26.0 Å². The molecule has 1 aromatic heterocycles. The summed E-state index contributed by atoms with van der Waals surface area (Å²) in [4.78, 5) is 11.6. The molecule has 0 bridgehead atoms. The molecule has 3 N–H and O–H groups in total. The number of hydrogen-bond acceptors (Lipinski definition) is 2. The normalized spacial score (nSPS) is 11.8. The van der Waals surface area contributed by atoms with E-state index < -0.39 is 5.54 Å². The fraction of sp³-hybridized carbons (Fsp3) is 0.438. The third kappa shape index (κ3) is 4.10. The maximum atomic E-state index is 11.6. The van der Waals surface area contributed by atoms with Crippen LogP contribution in [-0.4, -0.2) is 22.6 Å². The molecule has 2 aromatic rings. The third-order valence-corrected chi connectivity index (χ3v) is 3.19. The lowest BCUT2D eigenvalue weighted by Crippen LogP contribution is -2.39. The summed E-state index contributed by atoms with van der Waals surface area (Å²) in [6.45, 7) is 5.30. The predicted molar refractivity (Wildman–Crippen MR) is 82.4 cm³/mol. The van der Waals surface area contributed by atoms with Gasteiger partial charge in [0.1, 0.15) is 0 Å². The topological polar surface area (TPSA) is 60.1 Å². The molecular formula is C16H23N3O. The van der Waals surface area contributed by atoms with Gasteiger partial charge in [0.2, 0.25) is 5.91 Å². The quantitative estimate of drug-likeness (QED) is 0.793. The molecule has 0 atom stereocenters. The van der Waals surface area contributed by atoms with Crippen molar-refractivity contribution in [1.82, 2.24) is 9.88 Å². The van der Waals surface area contributed by atoms with Crippen LogP contribution in [0, 0.1) is 0 Å². The van der Waals surface area contributed by atoms with E-state index in [2.05, 4.69) is 34.3 Å². The molecule has 20 heavy (non-hydrogen) atoms. The van der Waals surface area contributed by atoms with Crippen LogP contribution in [0.2, 0.25) is 0 Å². The number of carbonyl (C=O) groups is 1. The minimum absolute atomic E-state index is 0.0230. The minimum atomic E-state index is -0.444. The average molecular weight is 273 g/mol. The van der Waals surface area contributed by atoms with Crippen LogP contribution in [0.5, 0.6) is 0 Å². The van der Waals surface area contributed by atoms with Crippen molar-refractivity contribution in [3.05, 3.63) is 36.5 Å². The Hall–Kier alpha value is -1.81. The van der Waals surface area contributed by atoms with Crippen molar-refractivity contribution in [3.63, 3.8) is 0 Å². The molecule has 1 aromatic carbocycles. The van der Waals surface area contributed by atoms with Gasteiger partial charge in [-0.2, -0.15) is 0 Å². The Bertz CT molecular complexity index is 581. The number of nitrogens with zero attached hydrogens (tertiary/aromatic N) is 1. The molecule has 4 heteroatoms. The first-order valence-corrected chi connectivity index (χ1v) is 7.05. The number of amides is 1. The Labute approximate surface area is 120 Å². The highest BCUT2D eigenvalue weighted by Crippen LogP contribution is 2.15. The van der Waals surface area contributed by atoms with Crippen LogP contribution in [0.15, 0.2) is 36.5 Å². The van der Waals surface area contributed by atoms with Crippen molar-refractivity contribution in [1.29, 1.82) is 0 Å². The Morgan fingerprint density at radius 3 is 2.80 bits per heavy atom. The van der Waals surface area contributed by atoms with Gasteiger partial charge in [0, 0.05) is 36.8 Å². The summed E-state index contributed by atoms with van der Waals surface area (Å²) in [7, 11) is 0. The van der Waals surface area contributed by atoms with E-state index in [9.17, 15) is 4.79 Å². The molecule has 0 aliphatic carbocycles. The molecule has 0 fully saturated rings. The fourth-order valence-corrected chi connectivity index (χ4v) is 2.29. The van der Waals surface area contributed by atoms with Crippen LogP contribution >= 0.6 is 0 Å². The van der Waals surface area contributed by atoms with Gasteiger partial charge in [-0.05, 0) is 37.8 Å². The smallest absolute Gasteiger partial charge is 0.221 e. The maximum absolute atomic E-state index is 11.6. The fourth-order valence-electron chi connectivity index (χ4n) is 2.29. The molecule has 1 heterocycles. The van der Waals surface area contributed by atoms with Gasteiger partial charge < -0.3 is 15.6 Å². The Morgan fingerprint density at radius 1 is 1.30 bits per heavy atom. The van der Waals surface area contributed by atoms with Crippen molar-refractivity contribution in [2.45, 2.75) is 38.8 Å². The van der Waals surface area contributed by atoms with Crippen LogP contribution < -0.4 is 11.1 Å². The number of nitrogens with one attached hydrogen (secondary N) is 1. The monoisotopic (exact) mass is 273 g/mol. The number of rotatable bonds is 6. The molecule has 0 aliphatic heterocycles. The van der Waals surface area contributed by atoms with E-state index >= 15 is 0 Å². The number of aryl methyl sites for hydroxylation is 1. The lowest BCUT2D eigenvalue weighted by atomic mass is 10.0. The van der Waals surface area contributed by atoms with E-state index in [0.29, 0.717) is 13.0 Å². The highest BCUT2D eigenvalue weighted by Gasteiger charge is 2.15. The summed E-state index contributed by atoms with van der Waals surface area (Å²) in [5, 5.41) is 4.17. The molecule has 0 spiro atoms. The van der Waals surface area contributed by atoms with Gasteiger partial charge in [-0.15, -0.1) is 0 Å². The number of carbonyl (C=O) groups excluding carboxylic acids is 1. The number of nitrogens with two attached hydrogens (primary N) is 1. The Morgan fingerprint density at radius 2 is 2.05 bits per heavy atom. The first-order valence-electron chi connectivity index (χ1n) is 7.05. The number of para-hydroxylation sites is 1. The Kier molecular flexibility index (Phi) is 4.45. The van der Waals surface area contributed by atoms with E-state index in [4.69, 9.17) is 5.73 Å². The molecule has 108 valence electrons. The molecule has 0 unspecified atom stereocenters. The number of fused-ring (bicyclic) bond motifs is 1. The highest BCUT2D eigenvalue weighted by atomic mass is 16.1. The second-order valence-electron chi connectivity index (χ2n) is 5.94. The second-order valence-corrected chi connectivity index (χ2v) is 5.94. The van der Waals surface area contributed by atoms with Gasteiger partial charge in [0.05, 0.1) is 0 Å². The molecule has 4 nitrogen and oxygen atoms in total. The molecule has 1 amide bonds. The van der Waals surface area contributed by atoms with Crippen LogP contribution in [0.3, 0.4) is 0 Å². The van der Waals surface area contributed by atoms with Crippen molar-refractivity contribution in [3.8, 4) is 0 Å². The van der Waals surface area contributed by atoms with Gasteiger partial charge >= 0.3 is 0 Å². The van der Waals surface area contributed by atoms with Gasteiger partial charge in [-0.3, -0.25) is 4.79 Å². The zero-order valence-electron chi connectivity index (χ0n) is 12.2. The highest BCUT2D eigenvalue weighted by molar-refractivity contribution is 5.80. The number of hydrogen-bond donors (Lipinski definition) is 2. The van der Waals surface area contributed by atoms with E-state index in [1.54, 1.807) is 0 Å². The minimum Gasteiger partial charge on any atom is -0.356 e. The first kappa shape index (κ1) is 14.6. The lowest BCUT2D eigenvalue weighted by Gasteiger charge is -2.17. The number of aromatic nitrogens is 1. The summed E-state index contributed by atoms with van der Waals surface area (Å²) in [6, 6.07) is 10.4. The zero-order chi connectivity index (χ0) is 14.6. The maximum Gasteiger partial charge on any atom is 0.221 e. The molecule has 0 saturated carbocycles. The van der Waals surface area contributed by atoms with Gasteiger partial charge in [-0.25, -0.2) is 0 Å².